The van der Waals surface area contributed by atoms with E-state index in [2.05, 4.69) is 32.9 Å². The molecule has 22 heavy (non-hydrogen) atoms. The first-order valence-electron chi connectivity index (χ1n) is 6.73. The minimum absolute atomic E-state index is 0.153. The lowest BCUT2D eigenvalue weighted by molar-refractivity contribution is -0.142. The second-order valence-electron chi connectivity index (χ2n) is 4.52. The van der Waals surface area contributed by atoms with Crippen LogP contribution in [0.2, 0.25) is 0 Å². The lowest BCUT2D eigenvalue weighted by Gasteiger charge is -2.07. The van der Waals surface area contributed by atoms with Gasteiger partial charge in [0.1, 0.15) is 6.61 Å². The van der Waals surface area contributed by atoms with Crippen molar-refractivity contribution in [2.24, 2.45) is 0 Å². The number of rotatable bonds is 6. The number of carbonyl (C=O) groups is 2. The number of esters is 1. The lowest BCUT2D eigenvalue weighted by Crippen LogP contribution is -2.28. The number of carbonyl (C=O) groups excluding carboxylic acids is 2. The van der Waals surface area contributed by atoms with E-state index in [9.17, 15) is 9.59 Å². The summed E-state index contributed by atoms with van der Waals surface area (Å²) >= 11 is 2.21. The maximum Gasteiger partial charge on any atom is 0.310 e. The third kappa shape index (κ3) is 5.44. The highest BCUT2D eigenvalue weighted by molar-refractivity contribution is 14.1. The summed E-state index contributed by atoms with van der Waals surface area (Å²) in [6.45, 7) is 0.430. The van der Waals surface area contributed by atoms with E-state index in [-0.39, 0.29) is 31.4 Å². The Kier molecular flexibility index (Phi) is 6.32. The van der Waals surface area contributed by atoms with Crippen LogP contribution in [0.3, 0.4) is 0 Å². The summed E-state index contributed by atoms with van der Waals surface area (Å²) in [4.78, 5) is 27.2. The molecule has 0 atom stereocenters. The summed E-state index contributed by atoms with van der Waals surface area (Å²) in [5.74, 6) is -0.518. The molecule has 0 fully saturated rings. The van der Waals surface area contributed by atoms with Gasteiger partial charge in [0.2, 0.25) is 0 Å². The molecule has 0 aliphatic rings. The number of nitrogens with one attached hydrogen (secondary N) is 1. The van der Waals surface area contributed by atoms with Gasteiger partial charge < -0.3 is 10.1 Å². The number of ether oxygens (including phenoxy) is 1. The number of benzene rings is 1. The zero-order valence-electron chi connectivity index (χ0n) is 11.8. The van der Waals surface area contributed by atoms with Crippen LogP contribution in [0, 0.1) is 3.57 Å². The molecule has 0 bridgehead atoms. The van der Waals surface area contributed by atoms with Crippen LogP contribution in [0.15, 0.2) is 48.8 Å². The Balaban J connectivity index is 1.67. The summed E-state index contributed by atoms with van der Waals surface area (Å²) < 4.78 is 6.21. The highest BCUT2D eigenvalue weighted by atomic mass is 127. The maximum atomic E-state index is 11.7. The van der Waals surface area contributed by atoms with E-state index in [0.717, 1.165) is 9.13 Å². The van der Waals surface area contributed by atoms with Gasteiger partial charge in [0, 0.05) is 21.5 Å². The van der Waals surface area contributed by atoms with E-state index in [4.69, 9.17) is 4.74 Å². The first-order valence-corrected chi connectivity index (χ1v) is 7.81. The van der Waals surface area contributed by atoms with Crippen LogP contribution in [0.4, 0.5) is 0 Å². The molecule has 2 aromatic rings. The number of hydrogen-bond donors (Lipinski definition) is 1. The second-order valence-corrected chi connectivity index (χ2v) is 5.76. The highest BCUT2D eigenvalue weighted by Crippen LogP contribution is 2.07. The SMILES string of the molecule is O=C(Cc1ccc(I)cc1)OCCNC(=O)c1ccncc1. The fraction of sp³-hybridized carbons (Fsp3) is 0.188. The molecule has 0 aliphatic heterocycles. The van der Waals surface area contributed by atoms with Gasteiger partial charge in [-0.05, 0) is 52.4 Å². The van der Waals surface area contributed by atoms with Crippen LogP contribution >= 0.6 is 22.6 Å². The number of nitrogens with zero attached hydrogens (tertiary/aromatic N) is 1. The average Bonchev–Trinajstić information content (AvgIpc) is 2.54. The highest BCUT2D eigenvalue weighted by Gasteiger charge is 2.06. The molecule has 6 heteroatoms. The number of pyridine rings is 1. The van der Waals surface area contributed by atoms with Crippen molar-refractivity contribution in [3.05, 3.63) is 63.5 Å². The molecule has 1 amide bonds. The molecule has 1 aromatic heterocycles. The Morgan fingerprint density at radius 2 is 1.77 bits per heavy atom. The van der Waals surface area contributed by atoms with E-state index in [1.807, 2.05) is 24.3 Å². The Bertz CT molecular complexity index is 630. The number of halogens is 1. The normalized spacial score (nSPS) is 10.0. The topological polar surface area (TPSA) is 68.3 Å². The second kappa shape index (κ2) is 8.47. The molecule has 1 heterocycles. The molecule has 1 aromatic carbocycles. The first-order chi connectivity index (χ1) is 10.6. The Morgan fingerprint density at radius 3 is 2.45 bits per heavy atom. The molecule has 0 saturated heterocycles. The van der Waals surface area contributed by atoms with Crippen molar-refractivity contribution in [1.82, 2.24) is 10.3 Å². The lowest BCUT2D eigenvalue weighted by atomic mass is 10.2. The quantitative estimate of drug-likeness (QED) is 0.451. The van der Waals surface area contributed by atoms with Crippen LogP contribution in [0.5, 0.6) is 0 Å². The monoisotopic (exact) mass is 410 g/mol. The van der Waals surface area contributed by atoms with Gasteiger partial charge in [0.15, 0.2) is 0 Å². The van der Waals surface area contributed by atoms with E-state index in [1.54, 1.807) is 24.5 Å². The van der Waals surface area contributed by atoms with Crippen LogP contribution in [-0.2, 0) is 16.0 Å². The largest absolute Gasteiger partial charge is 0.464 e. The smallest absolute Gasteiger partial charge is 0.310 e. The molecule has 0 radical (unpaired) electrons. The summed E-state index contributed by atoms with van der Waals surface area (Å²) in [7, 11) is 0. The average molecular weight is 410 g/mol. The molecule has 0 unspecified atom stereocenters. The molecule has 0 aliphatic carbocycles. The fourth-order valence-electron chi connectivity index (χ4n) is 1.75. The van der Waals surface area contributed by atoms with Gasteiger partial charge in [-0.25, -0.2) is 0 Å². The third-order valence-corrected chi connectivity index (χ3v) is 3.57. The van der Waals surface area contributed by atoms with Crippen LogP contribution in [0.1, 0.15) is 15.9 Å². The van der Waals surface area contributed by atoms with Crippen LogP contribution < -0.4 is 5.32 Å². The van der Waals surface area contributed by atoms with Crippen LogP contribution in [-0.4, -0.2) is 30.0 Å². The predicted octanol–water partition coefficient (Wildman–Crippen LogP) is 2.20. The van der Waals surface area contributed by atoms with Gasteiger partial charge in [-0.2, -0.15) is 0 Å². The van der Waals surface area contributed by atoms with Crippen molar-refractivity contribution < 1.29 is 14.3 Å². The molecule has 0 spiro atoms. The summed E-state index contributed by atoms with van der Waals surface area (Å²) in [6.07, 6.45) is 3.33. The Morgan fingerprint density at radius 1 is 1.09 bits per heavy atom. The predicted molar refractivity (Wildman–Crippen MR) is 90.4 cm³/mol. The molecule has 2 rings (SSSR count). The van der Waals surface area contributed by atoms with Crippen molar-refractivity contribution in [3.8, 4) is 0 Å². The zero-order chi connectivity index (χ0) is 15.8. The Hall–Kier alpha value is -1.96. The standard InChI is InChI=1S/C16H15IN2O3/c17-14-3-1-12(2-4-14)11-15(20)22-10-9-19-16(21)13-5-7-18-8-6-13/h1-8H,9-11H2,(H,19,21). The fourth-order valence-corrected chi connectivity index (χ4v) is 2.11. The first kappa shape index (κ1) is 16.4. The van der Waals surface area contributed by atoms with E-state index < -0.39 is 0 Å². The van der Waals surface area contributed by atoms with Gasteiger partial charge in [0.05, 0.1) is 13.0 Å². The van der Waals surface area contributed by atoms with Crippen molar-refractivity contribution in [3.63, 3.8) is 0 Å². The van der Waals surface area contributed by atoms with Crippen molar-refractivity contribution in [2.45, 2.75) is 6.42 Å². The number of aromatic nitrogens is 1. The van der Waals surface area contributed by atoms with E-state index in [0.29, 0.717) is 5.56 Å². The minimum atomic E-state index is -0.306. The van der Waals surface area contributed by atoms with Gasteiger partial charge in [-0.1, -0.05) is 12.1 Å². The van der Waals surface area contributed by atoms with Crippen molar-refractivity contribution in [1.29, 1.82) is 0 Å². The van der Waals surface area contributed by atoms with Crippen molar-refractivity contribution in [2.75, 3.05) is 13.2 Å². The van der Waals surface area contributed by atoms with Gasteiger partial charge in [-0.3, -0.25) is 14.6 Å². The minimum Gasteiger partial charge on any atom is -0.464 e. The van der Waals surface area contributed by atoms with E-state index in [1.165, 1.54) is 0 Å². The summed E-state index contributed by atoms with van der Waals surface area (Å²) in [5, 5.41) is 2.68. The van der Waals surface area contributed by atoms with Gasteiger partial charge >= 0.3 is 5.97 Å². The van der Waals surface area contributed by atoms with Gasteiger partial charge in [-0.15, -0.1) is 0 Å². The maximum absolute atomic E-state index is 11.7. The van der Waals surface area contributed by atoms with E-state index >= 15 is 0 Å². The molecular weight excluding hydrogens is 395 g/mol. The summed E-state index contributed by atoms with van der Waals surface area (Å²) in [5.41, 5.74) is 1.44. The molecular formula is C16H15IN2O3. The summed E-state index contributed by atoms with van der Waals surface area (Å²) in [6, 6.07) is 10.9. The van der Waals surface area contributed by atoms with Crippen molar-refractivity contribution >= 4 is 34.5 Å². The molecule has 5 nitrogen and oxygen atoms in total. The molecule has 1 N–H and O–H groups in total. The molecule has 114 valence electrons. The number of hydrogen-bond acceptors (Lipinski definition) is 4. The Labute approximate surface area is 142 Å². The van der Waals surface area contributed by atoms with Gasteiger partial charge in [0.25, 0.3) is 5.91 Å². The molecule has 0 saturated carbocycles. The zero-order valence-corrected chi connectivity index (χ0v) is 13.9. The van der Waals surface area contributed by atoms with Crippen LogP contribution in [0.25, 0.3) is 0 Å². The third-order valence-electron chi connectivity index (χ3n) is 2.85. The number of amides is 1.